The molecule has 10 heteroatoms. The van der Waals surface area contributed by atoms with E-state index in [1.54, 1.807) is 12.1 Å². The number of carbonyl (C=O) groups is 1. The van der Waals surface area contributed by atoms with Gasteiger partial charge in [-0.2, -0.15) is 0 Å². The van der Waals surface area contributed by atoms with Crippen molar-refractivity contribution in [1.29, 1.82) is 0 Å². The van der Waals surface area contributed by atoms with E-state index in [1.807, 2.05) is 45.2 Å². The van der Waals surface area contributed by atoms with Gasteiger partial charge in [0.05, 0.1) is 16.6 Å². The summed E-state index contributed by atoms with van der Waals surface area (Å²) in [5.41, 5.74) is 4.27. The van der Waals surface area contributed by atoms with Gasteiger partial charge in [0.1, 0.15) is 11.9 Å². The quantitative estimate of drug-likeness (QED) is 0.203. The van der Waals surface area contributed by atoms with Gasteiger partial charge >= 0.3 is 0 Å². The molecule has 3 heterocycles. The molecule has 4 aromatic rings. The van der Waals surface area contributed by atoms with Gasteiger partial charge in [0, 0.05) is 18.4 Å². The molecule has 0 unspecified atom stereocenters. The van der Waals surface area contributed by atoms with Crippen molar-refractivity contribution in [3.05, 3.63) is 83.3 Å². The number of fused-ring (bicyclic) bond motifs is 2. The van der Waals surface area contributed by atoms with Crippen LogP contribution in [0.4, 0.5) is 5.69 Å². The molecular formula is C37H47N5O4S. The lowest BCUT2D eigenvalue weighted by Crippen LogP contribution is -2.37. The number of benzene rings is 2. The second-order valence-electron chi connectivity index (χ2n) is 14.6. The summed E-state index contributed by atoms with van der Waals surface area (Å²) < 4.78 is 33.4. The second-order valence-corrected chi connectivity index (χ2v) is 16.6. The molecular weight excluding hydrogens is 611 g/mol. The first kappa shape index (κ1) is 33.2. The lowest BCUT2D eigenvalue weighted by molar-refractivity contribution is -0.116. The molecule has 1 aliphatic heterocycles. The number of carbonyl (C=O) groups excluding carboxylic acids is 1. The summed E-state index contributed by atoms with van der Waals surface area (Å²) in [6, 6.07) is 17.6. The summed E-state index contributed by atoms with van der Waals surface area (Å²) in [5.74, 6) is 1.98. The van der Waals surface area contributed by atoms with E-state index >= 15 is 0 Å². The number of ether oxygens (including phenoxy) is 1. The molecule has 0 saturated carbocycles. The molecule has 9 nitrogen and oxygen atoms in total. The van der Waals surface area contributed by atoms with Gasteiger partial charge in [-0.25, -0.2) is 8.42 Å². The van der Waals surface area contributed by atoms with Gasteiger partial charge in [0.15, 0.2) is 21.3 Å². The lowest BCUT2D eigenvalue weighted by atomic mass is 9.79. The highest BCUT2D eigenvalue weighted by Gasteiger charge is 2.39. The molecule has 1 saturated heterocycles. The van der Waals surface area contributed by atoms with Crippen LogP contribution in [0.3, 0.4) is 0 Å². The topological polar surface area (TPSA) is 106 Å². The predicted molar refractivity (Wildman–Crippen MR) is 185 cm³/mol. The van der Waals surface area contributed by atoms with Crippen LogP contribution in [-0.2, 0) is 25.6 Å². The monoisotopic (exact) mass is 657 g/mol. The Balaban J connectivity index is 1.11. The van der Waals surface area contributed by atoms with E-state index in [0.717, 1.165) is 67.9 Å². The predicted octanol–water partition coefficient (Wildman–Crippen LogP) is 7.18. The lowest BCUT2D eigenvalue weighted by Gasteiger charge is -2.32. The summed E-state index contributed by atoms with van der Waals surface area (Å²) in [4.78, 5) is 15.6. The average Bonchev–Trinajstić information content (AvgIpc) is 3.60. The Morgan fingerprint density at radius 2 is 1.83 bits per heavy atom. The van der Waals surface area contributed by atoms with Crippen molar-refractivity contribution in [2.24, 2.45) is 0 Å². The minimum atomic E-state index is -3.42. The van der Waals surface area contributed by atoms with Crippen LogP contribution in [0.25, 0.3) is 5.65 Å². The third kappa shape index (κ3) is 6.94. The number of nitrogens with zero attached hydrogens (tertiary/aromatic N) is 4. The number of sulfone groups is 1. The van der Waals surface area contributed by atoms with E-state index < -0.39 is 9.84 Å². The fraction of sp³-hybridized carbons (Fsp3) is 0.486. The number of likely N-dealkylation sites (tertiary alicyclic amines) is 1. The summed E-state index contributed by atoms with van der Waals surface area (Å²) in [6.07, 6.45) is 9.18. The van der Waals surface area contributed by atoms with Gasteiger partial charge in [0.2, 0.25) is 5.91 Å². The average molecular weight is 658 g/mol. The van der Waals surface area contributed by atoms with Gasteiger partial charge in [-0.15, -0.1) is 10.2 Å². The number of rotatable bonds is 9. The summed E-state index contributed by atoms with van der Waals surface area (Å²) >= 11 is 0. The zero-order valence-corrected chi connectivity index (χ0v) is 29.2. The Bertz CT molecular complexity index is 1900. The first-order valence-corrected chi connectivity index (χ1v) is 18.6. The van der Waals surface area contributed by atoms with E-state index in [9.17, 15) is 13.2 Å². The number of anilines is 1. The van der Waals surface area contributed by atoms with Gasteiger partial charge in [-0.05, 0) is 117 Å². The van der Waals surface area contributed by atoms with Crippen LogP contribution in [0.2, 0.25) is 0 Å². The molecule has 0 bridgehead atoms. The number of amides is 1. The van der Waals surface area contributed by atoms with Gasteiger partial charge in [-0.1, -0.05) is 45.0 Å². The van der Waals surface area contributed by atoms with Crippen LogP contribution in [0.1, 0.15) is 107 Å². The molecule has 1 fully saturated rings. The second kappa shape index (κ2) is 12.7. The molecule has 250 valence electrons. The highest BCUT2D eigenvalue weighted by atomic mass is 32.2. The maximum Gasteiger partial charge on any atom is 0.224 e. The van der Waals surface area contributed by atoms with Crippen LogP contribution in [-0.4, -0.2) is 53.7 Å². The fourth-order valence-electron chi connectivity index (χ4n) is 7.17. The number of pyridine rings is 1. The normalized spacial score (nSPS) is 21.9. The van der Waals surface area contributed by atoms with Gasteiger partial charge < -0.3 is 10.1 Å². The molecule has 1 aliphatic carbocycles. The van der Waals surface area contributed by atoms with E-state index in [0.29, 0.717) is 18.0 Å². The molecule has 1 amide bonds. The van der Waals surface area contributed by atoms with Gasteiger partial charge in [-0.3, -0.25) is 14.1 Å². The van der Waals surface area contributed by atoms with Crippen LogP contribution >= 0.6 is 0 Å². The highest BCUT2D eigenvalue weighted by molar-refractivity contribution is 7.90. The number of aromatic nitrogens is 3. The maximum atomic E-state index is 13.0. The Kier molecular flexibility index (Phi) is 8.95. The maximum absolute atomic E-state index is 13.0. The van der Waals surface area contributed by atoms with Crippen LogP contribution in [0.5, 0.6) is 5.75 Å². The largest absolute Gasteiger partial charge is 0.484 e. The minimum Gasteiger partial charge on any atom is -0.484 e. The van der Waals surface area contributed by atoms with Crippen LogP contribution in [0.15, 0.2) is 65.7 Å². The van der Waals surface area contributed by atoms with E-state index in [4.69, 9.17) is 4.74 Å². The molecule has 0 radical (unpaired) electrons. The zero-order chi connectivity index (χ0) is 33.6. The number of nitrogens with one attached hydrogen (secondary N) is 1. The minimum absolute atomic E-state index is 0.0630. The molecule has 47 heavy (non-hydrogen) atoms. The number of hydrogen-bond acceptors (Lipinski definition) is 7. The van der Waals surface area contributed by atoms with Crippen molar-refractivity contribution >= 4 is 27.1 Å². The van der Waals surface area contributed by atoms with E-state index in [2.05, 4.69) is 63.1 Å². The first-order valence-electron chi connectivity index (χ1n) is 16.7. The van der Waals surface area contributed by atoms with Crippen molar-refractivity contribution in [2.75, 3.05) is 25.2 Å². The van der Waals surface area contributed by atoms with Crippen LogP contribution in [0, 0.1) is 0 Å². The SMILES string of the molecule is CN1CCC[C@@]1(C)c1nnc2ccc(O[C@@H]3CC[C@H](CCCC(=O)Nc4cc(C(C)(C)C)cc(S(C)(=O)=O)c4)c4ccccc43)cn12. The van der Waals surface area contributed by atoms with Gasteiger partial charge in [0.25, 0.3) is 0 Å². The summed E-state index contributed by atoms with van der Waals surface area (Å²) in [5, 5.41) is 12.0. The standard InChI is InChI=1S/C37H47N5O4S/c1-36(2,3)26-21-27(23-29(22-26)47(6,44)45)38-34(43)14-9-11-25-15-17-32(31-13-8-7-12-30(25)31)46-28-16-18-33-39-40-35(42(33)24-28)37(4)19-10-20-41(37)5/h7-8,12-13,16,18,21-25,32H,9-11,14-15,17,19-20H2,1-6H3,(H,38,43)/t25-,32+,37-/m0/s1. The number of hydrogen-bond donors (Lipinski definition) is 1. The van der Waals surface area contributed by atoms with Crippen molar-refractivity contribution in [3.8, 4) is 5.75 Å². The van der Waals surface area contributed by atoms with Crippen molar-refractivity contribution in [2.45, 2.75) is 101 Å². The summed E-state index contributed by atoms with van der Waals surface area (Å²) in [7, 11) is -1.26. The molecule has 1 N–H and O–H groups in total. The fourth-order valence-corrected chi connectivity index (χ4v) is 7.85. The Hall–Kier alpha value is -3.76. The third-order valence-corrected chi connectivity index (χ3v) is 11.2. The van der Waals surface area contributed by atoms with Crippen molar-refractivity contribution < 1.29 is 17.9 Å². The smallest absolute Gasteiger partial charge is 0.224 e. The Morgan fingerprint density at radius 3 is 2.53 bits per heavy atom. The van der Waals surface area contributed by atoms with Crippen molar-refractivity contribution in [3.63, 3.8) is 0 Å². The molecule has 0 spiro atoms. The third-order valence-electron chi connectivity index (χ3n) is 10.1. The molecule has 2 aromatic heterocycles. The van der Waals surface area contributed by atoms with E-state index in [-0.39, 0.29) is 27.9 Å². The zero-order valence-electron chi connectivity index (χ0n) is 28.4. The first-order chi connectivity index (χ1) is 22.2. The van der Waals surface area contributed by atoms with E-state index in [1.165, 1.54) is 17.4 Å². The van der Waals surface area contributed by atoms with Crippen molar-refractivity contribution in [1.82, 2.24) is 19.5 Å². The molecule has 6 rings (SSSR count). The molecule has 3 atom stereocenters. The Labute approximate surface area is 278 Å². The highest BCUT2D eigenvalue weighted by Crippen LogP contribution is 2.42. The van der Waals surface area contributed by atoms with Crippen LogP contribution < -0.4 is 10.1 Å². The molecule has 2 aromatic carbocycles. The molecule has 2 aliphatic rings. The Morgan fingerprint density at radius 1 is 1.06 bits per heavy atom. The summed E-state index contributed by atoms with van der Waals surface area (Å²) in [6.45, 7) is 9.37.